The van der Waals surface area contributed by atoms with E-state index in [1.807, 2.05) is 0 Å². The Hall–Kier alpha value is -1.22. The van der Waals surface area contributed by atoms with Crippen LogP contribution in [0.4, 0.5) is 5.82 Å². The lowest BCUT2D eigenvalue weighted by Gasteiger charge is -2.23. The van der Waals surface area contributed by atoms with E-state index < -0.39 is 17.8 Å². The molecule has 1 aliphatic rings. The molecule has 0 bridgehead atoms. The zero-order chi connectivity index (χ0) is 14.5. The van der Waals surface area contributed by atoms with Crippen LogP contribution in [-0.2, 0) is 4.74 Å². The predicted octanol–water partition coefficient (Wildman–Crippen LogP) is 0.647. The number of aliphatic hydroxyl groups is 2. The summed E-state index contributed by atoms with van der Waals surface area (Å²) in [4.78, 5) is 3.95. The minimum atomic E-state index is -1.08. The Bertz CT molecular complexity index is 657. The number of rotatable bonds is 2. The molecular weight excluding hydrogens is 328 g/mol. The molecule has 0 aromatic carbocycles. The summed E-state index contributed by atoms with van der Waals surface area (Å²) >= 11 is 3.42. The number of nitrogens with zero attached hydrogens (tertiary/aromatic N) is 3. The van der Waals surface area contributed by atoms with E-state index in [-0.39, 0.29) is 6.61 Å². The quantitative estimate of drug-likeness (QED) is 0.739. The summed E-state index contributed by atoms with van der Waals surface area (Å²) in [5, 5.41) is 23.9. The van der Waals surface area contributed by atoms with Crippen LogP contribution in [-0.4, -0.2) is 43.1 Å². The van der Waals surface area contributed by atoms with E-state index in [1.165, 1.54) is 6.33 Å². The molecule has 3 rings (SSSR count). The number of hydrogen-bond acceptors (Lipinski definition) is 6. The molecule has 0 spiro atoms. The van der Waals surface area contributed by atoms with Crippen LogP contribution in [0.3, 0.4) is 0 Å². The van der Waals surface area contributed by atoms with Crippen molar-refractivity contribution in [3.63, 3.8) is 0 Å². The average molecular weight is 343 g/mol. The smallest absolute Gasteiger partial charge is 0.152 e. The van der Waals surface area contributed by atoms with Gasteiger partial charge in [-0.05, 0) is 28.9 Å². The van der Waals surface area contributed by atoms with Crippen LogP contribution < -0.4 is 5.73 Å². The van der Waals surface area contributed by atoms with Gasteiger partial charge in [0.05, 0.1) is 24.0 Å². The monoisotopic (exact) mass is 342 g/mol. The van der Waals surface area contributed by atoms with E-state index in [0.717, 1.165) is 4.47 Å². The van der Waals surface area contributed by atoms with Gasteiger partial charge in [0.1, 0.15) is 17.9 Å². The Balaban J connectivity index is 2.14. The summed E-state index contributed by atoms with van der Waals surface area (Å²) in [6.07, 6.45) is 0.733. The van der Waals surface area contributed by atoms with Gasteiger partial charge in [0.2, 0.25) is 0 Å². The van der Waals surface area contributed by atoms with Crippen molar-refractivity contribution in [1.29, 1.82) is 0 Å². The van der Waals surface area contributed by atoms with Crippen LogP contribution in [0, 0.1) is 0 Å². The van der Waals surface area contributed by atoms with Gasteiger partial charge in [-0.15, -0.1) is 0 Å². The first-order valence-electron chi connectivity index (χ1n) is 6.20. The van der Waals surface area contributed by atoms with Crippen LogP contribution in [0.15, 0.2) is 16.9 Å². The molecule has 20 heavy (non-hydrogen) atoms. The molecule has 3 atom stereocenters. The third-order valence-electron chi connectivity index (χ3n) is 3.57. The van der Waals surface area contributed by atoms with Crippen molar-refractivity contribution >= 4 is 27.3 Å². The topological polar surface area (TPSA) is 106 Å². The van der Waals surface area contributed by atoms with Crippen LogP contribution in [0.5, 0.6) is 0 Å². The molecule has 1 aliphatic heterocycles. The third-order valence-corrected chi connectivity index (χ3v) is 4.17. The van der Waals surface area contributed by atoms with Crippen molar-refractivity contribution < 1.29 is 14.9 Å². The van der Waals surface area contributed by atoms with E-state index in [0.29, 0.717) is 23.4 Å². The molecule has 0 saturated carbocycles. The highest BCUT2D eigenvalue weighted by Crippen LogP contribution is 2.43. The third kappa shape index (κ3) is 1.99. The van der Waals surface area contributed by atoms with Crippen LogP contribution in [0.1, 0.15) is 25.1 Å². The van der Waals surface area contributed by atoms with Crippen molar-refractivity contribution in [2.75, 3.05) is 12.3 Å². The Morgan fingerprint density at radius 3 is 3.05 bits per heavy atom. The minimum absolute atomic E-state index is 0.131. The first kappa shape index (κ1) is 13.7. The molecule has 0 amide bonds. The Kier molecular flexibility index (Phi) is 3.20. The summed E-state index contributed by atoms with van der Waals surface area (Å²) in [6, 6.07) is 1.80. The lowest BCUT2D eigenvalue weighted by atomic mass is 9.94. The number of aliphatic hydroxyl groups excluding tert-OH is 1. The van der Waals surface area contributed by atoms with Crippen molar-refractivity contribution in [3.8, 4) is 0 Å². The fourth-order valence-electron chi connectivity index (χ4n) is 2.68. The van der Waals surface area contributed by atoms with Crippen LogP contribution in [0.2, 0.25) is 0 Å². The average Bonchev–Trinajstić information content (AvgIpc) is 2.87. The highest BCUT2D eigenvalue weighted by Gasteiger charge is 2.46. The normalized spacial score (nSPS) is 30.2. The molecule has 8 heteroatoms. The fraction of sp³-hybridized carbons (Fsp3) is 0.500. The fourth-order valence-corrected chi connectivity index (χ4v) is 3.29. The summed E-state index contributed by atoms with van der Waals surface area (Å²) in [5.74, 6) is 0.342. The number of ether oxygens (including phenoxy) is 1. The van der Waals surface area contributed by atoms with Crippen molar-refractivity contribution in [1.82, 2.24) is 14.6 Å². The van der Waals surface area contributed by atoms with Gasteiger partial charge in [-0.2, -0.15) is 5.10 Å². The first-order valence-corrected chi connectivity index (χ1v) is 6.99. The van der Waals surface area contributed by atoms with E-state index in [2.05, 4.69) is 26.0 Å². The maximum absolute atomic E-state index is 10.5. The molecule has 2 aromatic rings. The second-order valence-corrected chi connectivity index (χ2v) is 6.06. The predicted molar refractivity (Wildman–Crippen MR) is 75.0 cm³/mol. The van der Waals surface area contributed by atoms with Gasteiger partial charge in [-0.3, -0.25) is 0 Å². The van der Waals surface area contributed by atoms with Gasteiger partial charge in [-0.1, -0.05) is 0 Å². The molecule has 0 radical (unpaired) electrons. The Labute approximate surface area is 123 Å². The summed E-state index contributed by atoms with van der Waals surface area (Å²) in [5.41, 5.74) is 6.06. The van der Waals surface area contributed by atoms with Gasteiger partial charge in [0.25, 0.3) is 0 Å². The maximum Gasteiger partial charge on any atom is 0.152 e. The van der Waals surface area contributed by atoms with Gasteiger partial charge < -0.3 is 20.7 Å². The molecule has 4 N–H and O–H groups in total. The Morgan fingerprint density at radius 1 is 1.65 bits per heavy atom. The van der Waals surface area contributed by atoms with E-state index in [1.54, 1.807) is 17.5 Å². The van der Waals surface area contributed by atoms with Gasteiger partial charge in [-0.25, -0.2) is 9.50 Å². The van der Waals surface area contributed by atoms with Crippen LogP contribution >= 0.6 is 15.9 Å². The van der Waals surface area contributed by atoms with Gasteiger partial charge >= 0.3 is 0 Å². The van der Waals surface area contributed by atoms with E-state index >= 15 is 0 Å². The molecule has 0 unspecified atom stereocenters. The first-order chi connectivity index (χ1) is 9.44. The SMILES string of the molecule is C[C@@]1(O)C[C@@H](CO)O[C@H]1c1cc(Br)c2c(N)ncnn12. The summed E-state index contributed by atoms with van der Waals surface area (Å²) in [7, 11) is 0. The summed E-state index contributed by atoms with van der Waals surface area (Å²) in [6.45, 7) is 1.55. The number of nitrogens with two attached hydrogens (primary N) is 1. The van der Waals surface area contributed by atoms with E-state index in [9.17, 15) is 10.2 Å². The largest absolute Gasteiger partial charge is 0.394 e. The molecule has 0 aliphatic carbocycles. The van der Waals surface area contributed by atoms with E-state index in [4.69, 9.17) is 10.5 Å². The standard InChI is InChI=1S/C12H15BrN4O3/c1-12(19)3-6(4-18)20-10(12)8-2-7(13)9-11(14)15-5-16-17(8)9/h2,5-6,10,18-19H,3-4H2,1H3,(H2,14,15,16)/t6-,10-,12+/m0/s1. The zero-order valence-corrected chi connectivity index (χ0v) is 12.4. The van der Waals surface area contributed by atoms with Gasteiger partial charge in [0.15, 0.2) is 5.82 Å². The number of hydrogen-bond donors (Lipinski definition) is 3. The molecule has 108 valence electrons. The second-order valence-electron chi connectivity index (χ2n) is 5.20. The maximum atomic E-state index is 10.5. The number of nitrogen functional groups attached to an aromatic ring is 1. The van der Waals surface area contributed by atoms with Gasteiger partial charge in [0, 0.05) is 10.9 Å². The highest BCUT2D eigenvalue weighted by atomic mass is 79.9. The molecule has 2 aromatic heterocycles. The molecule has 3 heterocycles. The van der Waals surface area contributed by atoms with Crippen molar-refractivity contribution in [3.05, 3.63) is 22.6 Å². The second kappa shape index (κ2) is 4.66. The minimum Gasteiger partial charge on any atom is -0.394 e. The Morgan fingerprint density at radius 2 is 2.40 bits per heavy atom. The molecule has 1 fully saturated rings. The van der Waals surface area contributed by atoms with Crippen molar-refractivity contribution in [2.45, 2.75) is 31.2 Å². The molecule has 1 saturated heterocycles. The molecular formula is C12H15BrN4O3. The number of anilines is 1. The van der Waals surface area contributed by atoms with Crippen LogP contribution in [0.25, 0.3) is 5.52 Å². The lowest BCUT2D eigenvalue weighted by molar-refractivity contribution is -0.0495. The highest BCUT2D eigenvalue weighted by molar-refractivity contribution is 9.10. The van der Waals surface area contributed by atoms with Crippen molar-refractivity contribution in [2.24, 2.45) is 0 Å². The number of halogens is 1. The lowest BCUT2D eigenvalue weighted by Crippen LogP contribution is -2.29. The molecule has 7 nitrogen and oxygen atoms in total. The summed E-state index contributed by atoms with van der Waals surface area (Å²) < 4.78 is 8.07. The zero-order valence-electron chi connectivity index (χ0n) is 10.8. The number of aromatic nitrogens is 3. The number of fused-ring (bicyclic) bond motifs is 1.